The molecule has 1 nitrogen and oxygen atoms in total. The molecule has 0 aliphatic rings. The van der Waals surface area contributed by atoms with Gasteiger partial charge >= 0.3 is 0 Å². The minimum Gasteiger partial charge on any atom is -0.310 e. The molecule has 0 aromatic heterocycles. The van der Waals surface area contributed by atoms with Gasteiger partial charge in [-0.05, 0) is 50.1 Å². The maximum absolute atomic E-state index is 13.8. The van der Waals surface area contributed by atoms with Crippen LogP contribution in [0.5, 0.6) is 0 Å². The highest BCUT2D eigenvalue weighted by molar-refractivity contribution is 9.10. The largest absolute Gasteiger partial charge is 0.310 e. The summed E-state index contributed by atoms with van der Waals surface area (Å²) in [6.45, 7) is 4.94. The van der Waals surface area contributed by atoms with Crippen LogP contribution < -0.4 is 5.32 Å². The van der Waals surface area contributed by atoms with Crippen molar-refractivity contribution in [2.45, 2.75) is 26.3 Å². The summed E-state index contributed by atoms with van der Waals surface area (Å²) >= 11 is 3.28. The number of benzene rings is 2. The number of hydrogen-bond acceptors (Lipinski definition) is 1. The molecule has 0 aliphatic heterocycles. The molecule has 0 saturated carbocycles. The zero-order chi connectivity index (χ0) is 14.5. The molecule has 1 atom stereocenters. The average molecular weight is 336 g/mol. The lowest BCUT2D eigenvalue weighted by Crippen LogP contribution is -2.22. The van der Waals surface area contributed by atoms with Crippen LogP contribution in [0.25, 0.3) is 0 Å². The molecule has 0 aliphatic carbocycles. The molecule has 0 radical (unpaired) electrons. The van der Waals surface area contributed by atoms with E-state index in [0.29, 0.717) is 5.56 Å². The normalized spacial score (nSPS) is 12.4. The highest BCUT2D eigenvalue weighted by Crippen LogP contribution is 2.20. The van der Waals surface area contributed by atoms with Gasteiger partial charge in [0.15, 0.2) is 0 Å². The first-order valence-electron chi connectivity index (χ1n) is 6.81. The molecule has 106 valence electrons. The summed E-state index contributed by atoms with van der Waals surface area (Å²) < 4.78 is 14.6. The van der Waals surface area contributed by atoms with Crippen LogP contribution in [-0.2, 0) is 6.42 Å². The Bertz CT molecular complexity index is 583. The summed E-state index contributed by atoms with van der Waals surface area (Å²) in [5.41, 5.74) is 3.35. The molecule has 2 aromatic rings. The molecule has 0 fully saturated rings. The van der Waals surface area contributed by atoms with Crippen LogP contribution in [0.4, 0.5) is 4.39 Å². The van der Waals surface area contributed by atoms with Crippen LogP contribution in [0.15, 0.2) is 46.9 Å². The van der Waals surface area contributed by atoms with E-state index >= 15 is 0 Å². The van der Waals surface area contributed by atoms with E-state index in [1.165, 1.54) is 17.2 Å². The minimum absolute atomic E-state index is 0.00659. The fourth-order valence-electron chi connectivity index (χ4n) is 2.28. The Kier molecular flexibility index (Phi) is 5.32. The van der Waals surface area contributed by atoms with Crippen molar-refractivity contribution in [2.24, 2.45) is 0 Å². The van der Waals surface area contributed by atoms with Crippen molar-refractivity contribution in [3.63, 3.8) is 0 Å². The summed E-state index contributed by atoms with van der Waals surface area (Å²) in [7, 11) is 0. The first-order valence-corrected chi connectivity index (χ1v) is 7.60. The van der Waals surface area contributed by atoms with Crippen molar-refractivity contribution in [1.29, 1.82) is 0 Å². The Balaban J connectivity index is 1.92. The minimum atomic E-state index is -0.171. The zero-order valence-corrected chi connectivity index (χ0v) is 13.4. The van der Waals surface area contributed by atoms with E-state index in [1.54, 1.807) is 0 Å². The third-order valence-corrected chi connectivity index (χ3v) is 4.03. The highest BCUT2D eigenvalue weighted by atomic mass is 79.9. The summed E-state index contributed by atoms with van der Waals surface area (Å²) in [5, 5.41) is 3.38. The molecule has 1 unspecified atom stereocenters. The van der Waals surface area contributed by atoms with Gasteiger partial charge in [-0.2, -0.15) is 0 Å². The van der Waals surface area contributed by atoms with Crippen molar-refractivity contribution in [3.8, 4) is 0 Å². The van der Waals surface area contributed by atoms with Gasteiger partial charge < -0.3 is 5.32 Å². The van der Waals surface area contributed by atoms with Crippen molar-refractivity contribution < 1.29 is 4.39 Å². The molecule has 0 spiro atoms. The van der Waals surface area contributed by atoms with E-state index in [9.17, 15) is 4.39 Å². The standard InChI is InChI=1S/C17H19BrFN/c1-12-5-3-4-6-14(12)9-10-20-13(2)16-8-7-15(18)11-17(16)19/h3-8,11,13,20H,9-10H2,1-2H3. The molecule has 3 heteroatoms. The Morgan fingerprint density at radius 3 is 2.65 bits per heavy atom. The topological polar surface area (TPSA) is 12.0 Å². The number of hydrogen-bond donors (Lipinski definition) is 1. The van der Waals surface area contributed by atoms with E-state index in [4.69, 9.17) is 0 Å². The average Bonchev–Trinajstić information content (AvgIpc) is 2.40. The van der Waals surface area contributed by atoms with Crippen LogP contribution in [0.3, 0.4) is 0 Å². The van der Waals surface area contributed by atoms with Gasteiger partial charge in [-0.1, -0.05) is 46.3 Å². The predicted molar refractivity (Wildman–Crippen MR) is 85.4 cm³/mol. The quantitative estimate of drug-likeness (QED) is 0.828. The van der Waals surface area contributed by atoms with E-state index in [1.807, 2.05) is 25.1 Å². The fourth-order valence-corrected chi connectivity index (χ4v) is 2.61. The third-order valence-electron chi connectivity index (χ3n) is 3.54. The summed E-state index contributed by atoms with van der Waals surface area (Å²) in [6, 6.07) is 13.6. The molecule has 1 N–H and O–H groups in total. The molecule has 20 heavy (non-hydrogen) atoms. The van der Waals surface area contributed by atoms with E-state index in [2.05, 4.69) is 46.4 Å². The highest BCUT2D eigenvalue weighted by Gasteiger charge is 2.10. The van der Waals surface area contributed by atoms with Crippen LogP contribution in [-0.4, -0.2) is 6.54 Å². The third kappa shape index (κ3) is 3.90. The molecule has 0 bridgehead atoms. The van der Waals surface area contributed by atoms with E-state index < -0.39 is 0 Å². The smallest absolute Gasteiger partial charge is 0.129 e. The van der Waals surface area contributed by atoms with Gasteiger partial charge in [0.25, 0.3) is 0 Å². The number of rotatable bonds is 5. The van der Waals surface area contributed by atoms with Crippen molar-refractivity contribution in [1.82, 2.24) is 5.32 Å². The lowest BCUT2D eigenvalue weighted by molar-refractivity contribution is 0.530. The zero-order valence-electron chi connectivity index (χ0n) is 11.8. The van der Waals surface area contributed by atoms with Gasteiger partial charge in [-0.3, -0.25) is 0 Å². The summed E-state index contributed by atoms with van der Waals surface area (Å²) in [5.74, 6) is -0.171. The molecular formula is C17H19BrFN. The lowest BCUT2D eigenvalue weighted by atomic mass is 10.0. The van der Waals surface area contributed by atoms with E-state index in [0.717, 1.165) is 17.4 Å². The number of nitrogens with one attached hydrogen (secondary N) is 1. The lowest BCUT2D eigenvalue weighted by Gasteiger charge is -2.15. The van der Waals surface area contributed by atoms with Crippen molar-refractivity contribution in [3.05, 3.63) is 69.4 Å². The molecular weight excluding hydrogens is 317 g/mol. The molecule has 0 heterocycles. The van der Waals surface area contributed by atoms with Gasteiger partial charge in [0.05, 0.1) is 0 Å². The molecule has 2 aromatic carbocycles. The van der Waals surface area contributed by atoms with Crippen LogP contribution >= 0.6 is 15.9 Å². The van der Waals surface area contributed by atoms with Crippen molar-refractivity contribution >= 4 is 15.9 Å². The Labute approximate surface area is 128 Å². The van der Waals surface area contributed by atoms with Crippen LogP contribution in [0.2, 0.25) is 0 Å². The summed E-state index contributed by atoms with van der Waals surface area (Å²) in [6.07, 6.45) is 0.954. The Morgan fingerprint density at radius 2 is 1.95 bits per heavy atom. The molecule has 2 rings (SSSR count). The first kappa shape index (κ1) is 15.2. The SMILES string of the molecule is Cc1ccccc1CCNC(C)c1ccc(Br)cc1F. The van der Waals surface area contributed by atoms with Crippen LogP contribution in [0.1, 0.15) is 29.7 Å². The van der Waals surface area contributed by atoms with Crippen LogP contribution in [0, 0.1) is 12.7 Å². The first-order chi connectivity index (χ1) is 9.58. The van der Waals surface area contributed by atoms with Gasteiger partial charge in [0.2, 0.25) is 0 Å². The Morgan fingerprint density at radius 1 is 1.20 bits per heavy atom. The predicted octanol–water partition coefficient (Wildman–Crippen LogP) is 4.79. The van der Waals surface area contributed by atoms with Gasteiger partial charge in [0, 0.05) is 16.1 Å². The maximum atomic E-state index is 13.8. The summed E-state index contributed by atoms with van der Waals surface area (Å²) in [4.78, 5) is 0. The Hall–Kier alpha value is -1.19. The fraction of sp³-hybridized carbons (Fsp3) is 0.294. The van der Waals surface area contributed by atoms with Crippen molar-refractivity contribution in [2.75, 3.05) is 6.54 Å². The monoisotopic (exact) mass is 335 g/mol. The van der Waals surface area contributed by atoms with Gasteiger partial charge in [-0.15, -0.1) is 0 Å². The number of aryl methyl sites for hydroxylation is 1. The second-order valence-electron chi connectivity index (χ2n) is 5.02. The second-order valence-corrected chi connectivity index (χ2v) is 5.93. The maximum Gasteiger partial charge on any atom is 0.129 e. The molecule has 0 saturated heterocycles. The molecule has 0 amide bonds. The second kappa shape index (κ2) is 7.00. The van der Waals surface area contributed by atoms with Gasteiger partial charge in [0.1, 0.15) is 5.82 Å². The van der Waals surface area contributed by atoms with E-state index in [-0.39, 0.29) is 11.9 Å². The van der Waals surface area contributed by atoms with Gasteiger partial charge in [-0.25, -0.2) is 4.39 Å². The number of halogens is 2.